The molecule has 19 heavy (non-hydrogen) atoms. The molecule has 1 heterocycles. The van der Waals surface area contributed by atoms with E-state index >= 15 is 0 Å². The molecule has 0 fully saturated rings. The number of hydrogen-bond donors (Lipinski definition) is 2. The molecule has 1 atom stereocenters. The minimum Gasteiger partial charge on any atom is -0.271 e. The summed E-state index contributed by atoms with van der Waals surface area (Å²) in [5.74, 6) is 5.47. The quantitative estimate of drug-likeness (QED) is 0.445. The van der Waals surface area contributed by atoms with Crippen LogP contribution < -0.4 is 11.3 Å². The number of nitrogens with two attached hydrogens (primary N) is 1. The molecule has 0 aliphatic carbocycles. The molecular formula is C15H21FN2S. The first-order chi connectivity index (χ1) is 9.24. The van der Waals surface area contributed by atoms with Gasteiger partial charge in [-0.1, -0.05) is 32.6 Å². The highest BCUT2D eigenvalue weighted by atomic mass is 32.1. The van der Waals surface area contributed by atoms with Gasteiger partial charge in [-0.15, -0.1) is 11.3 Å². The number of rotatable bonds is 7. The maximum Gasteiger partial charge on any atom is 0.123 e. The Morgan fingerprint density at radius 2 is 2.11 bits per heavy atom. The first-order valence-corrected chi connectivity index (χ1v) is 7.71. The summed E-state index contributed by atoms with van der Waals surface area (Å²) >= 11 is 1.69. The Morgan fingerprint density at radius 1 is 1.26 bits per heavy atom. The number of hydrogen-bond acceptors (Lipinski definition) is 3. The number of fused-ring (bicyclic) bond motifs is 1. The van der Waals surface area contributed by atoms with E-state index in [1.54, 1.807) is 17.4 Å². The summed E-state index contributed by atoms with van der Waals surface area (Å²) in [5.41, 5.74) is 2.89. The van der Waals surface area contributed by atoms with Crippen molar-refractivity contribution in [3.05, 3.63) is 35.0 Å². The average molecular weight is 280 g/mol. The maximum atomic E-state index is 13.2. The van der Waals surface area contributed by atoms with E-state index < -0.39 is 0 Å². The van der Waals surface area contributed by atoms with E-state index in [0.717, 1.165) is 16.5 Å². The Balaban J connectivity index is 2.07. The SMILES string of the molecule is CCCCCCC(NN)c1cc2cc(F)ccc2s1. The second-order valence-electron chi connectivity index (χ2n) is 4.90. The zero-order valence-corrected chi connectivity index (χ0v) is 12.1. The summed E-state index contributed by atoms with van der Waals surface area (Å²) in [7, 11) is 0. The van der Waals surface area contributed by atoms with Crippen molar-refractivity contribution in [3.8, 4) is 0 Å². The van der Waals surface area contributed by atoms with Crippen LogP contribution >= 0.6 is 11.3 Å². The van der Waals surface area contributed by atoms with Crippen LogP contribution in [0.4, 0.5) is 4.39 Å². The van der Waals surface area contributed by atoms with Gasteiger partial charge in [0, 0.05) is 9.58 Å². The molecule has 1 aromatic heterocycles. The smallest absolute Gasteiger partial charge is 0.123 e. The zero-order chi connectivity index (χ0) is 13.7. The Hall–Kier alpha value is -0.970. The highest BCUT2D eigenvalue weighted by Gasteiger charge is 2.13. The van der Waals surface area contributed by atoms with Crippen molar-refractivity contribution in [1.82, 2.24) is 5.43 Å². The Kier molecular flexibility index (Phi) is 5.31. The molecule has 0 saturated heterocycles. The normalized spacial score (nSPS) is 13.0. The summed E-state index contributed by atoms with van der Waals surface area (Å²) in [5, 5.41) is 0.966. The number of hydrazine groups is 1. The van der Waals surface area contributed by atoms with Gasteiger partial charge < -0.3 is 0 Å². The Labute approximate surface area is 117 Å². The van der Waals surface area contributed by atoms with Crippen LogP contribution in [0, 0.1) is 5.82 Å². The van der Waals surface area contributed by atoms with Crippen molar-refractivity contribution in [2.24, 2.45) is 5.84 Å². The largest absolute Gasteiger partial charge is 0.271 e. The second-order valence-corrected chi connectivity index (χ2v) is 6.01. The summed E-state index contributed by atoms with van der Waals surface area (Å²) in [4.78, 5) is 1.19. The van der Waals surface area contributed by atoms with Crippen molar-refractivity contribution < 1.29 is 4.39 Å². The van der Waals surface area contributed by atoms with Crippen LogP contribution in [0.15, 0.2) is 24.3 Å². The fraction of sp³-hybridized carbons (Fsp3) is 0.467. The summed E-state index contributed by atoms with van der Waals surface area (Å²) in [6.45, 7) is 2.21. The third-order valence-corrected chi connectivity index (χ3v) is 4.62. The number of unbranched alkanes of at least 4 members (excludes halogenated alkanes) is 3. The van der Waals surface area contributed by atoms with E-state index in [-0.39, 0.29) is 11.9 Å². The average Bonchev–Trinajstić information content (AvgIpc) is 2.81. The van der Waals surface area contributed by atoms with E-state index in [4.69, 9.17) is 5.84 Å². The number of nitrogens with one attached hydrogen (secondary N) is 1. The van der Waals surface area contributed by atoms with Crippen LogP contribution in [0.25, 0.3) is 10.1 Å². The molecule has 0 amide bonds. The van der Waals surface area contributed by atoms with Crippen LogP contribution in [0.2, 0.25) is 0 Å². The molecule has 0 bridgehead atoms. The first-order valence-electron chi connectivity index (χ1n) is 6.89. The van der Waals surface area contributed by atoms with Gasteiger partial charge in [0.05, 0.1) is 6.04 Å². The van der Waals surface area contributed by atoms with E-state index in [2.05, 4.69) is 12.3 Å². The topological polar surface area (TPSA) is 38.0 Å². The number of thiophene rings is 1. The molecule has 0 aliphatic rings. The maximum absolute atomic E-state index is 13.2. The van der Waals surface area contributed by atoms with E-state index in [1.165, 1.54) is 36.6 Å². The predicted octanol–water partition coefficient (Wildman–Crippen LogP) is 4.52. The van der Waals surface area contributed by atoms with Crippen LogP contribution in [0.1, 0.15) is 49.9 Å². The minimum absolute atomic E-state index is 0.178. The molecule has 4 heteroatoms. The Morgan fingerprint density at radius 3 is 2.84 bits per heavy atom. The molecular weight excluding hydrogens is 259 g/mol. The zero-order valence-electron chi connectivity index (χ0n) is 11.3. The molecule has 3 N–H and O–H groups in total. The van der Waals surface area contributed by atoms with Gasteiger partial charge in [-0.05, 0) is 36.1 Å². The summed E-state index contributed by atoms with van der Waals surface area (Å²) in [6, 6.07) is 7.16. The van der Waals surface area contributed by atoms with E-state index in [9.17, 15) is 4.39 Å². The fourth-order valence-electron chi connectivity index (χ4n) is 2.29. The lowest BCUT2D eigenvalue weighted by Gasteiger charge is -2.13. The van der Waals surface area contributed by atoms with Gasteiger partial charge in [-0.2, -0.15) is 0 Å². The molecule has 1 unspecified atom stereocenters. The molecule has 0 radical (unpaired) electrons. The van der Waals surface area contributed by atoms with E-state index in [0.29, 0.717) is 0 Å². The van der Waals surface area contributed by atoms with Gasteiger partial charge in [-0.3, -0.25) is 11.3 Å². The molecule has 0 spiro atoms. The second kappa shape index (κ2) is 6.98. The van der Waals surface area contributed by atoms with E-state index in [1.807, 2.05) is 12.1 Å². The molecule has 1 aromatic carbocycles. The summed E-state index contributed by atoms with van der Waals surface area (Å²) in [6.07, 6.45) is 5.96. The van der Waals surface area contributed by atoms with Crippen molar-refractivity contribution in [2.45, 2.75) is 45.1 Å². The van der Waals surface area contributed by atoms with Gasteiger partial charge in [0.1, 0.15) is 5.82 Å². The van der Waals surface area contributed by atoms with Crippen molar-refractivity contribution in [2.75, 3.05) is 0 Å². The fourth-order valence-corrected chi connectivity index (χ4v) is 3.43. The lowest BCUT2D eigenvalue weighted by Crippen LogP contribution is -2.27. The number of benzene rings is 1. The van der Waals surface area contributed by atoms with Crippen LogP contribution in [-0.2, 0) is 0 Å². The monoisotopic (exact) mass is 280 g/mol. The third-order valence-electron chi connectivity index (χ3n) is 3.39. The van der Waals surface area contributed by atoms with Gasteiger partial charge in [-0.25, -0.2) is 4.39 Å². The van der Waals surface area contributed by atoms with Gasteiger partial charge in [0.25, 0.3) is 0 Å². The molecule has 2 aromatic rings. The van der Waals surface area contributed by atoms with Crippen molar-refractivity contribution in [3.63, 3.8) is 0 Å². The van der Waals surface area contributed by atoms with Crippen LogP contribution in [0.5, 0.6) is 0 Å². The van der Waals surface area contributed by atoms with Crippen molar-refractivity contribution >= 4 is 21.4 Å². The van der Waals surface area contributed by atoms with Gasteiger partial charge in [0.15, 0.2) is 0 Å². The molecule has 104 valence electrons. The lowest BCUT2D eigenvalue weighted by atomic mass is 10.1. The van der Waals surface area contributed by atoms with Gasteiger partial charge >= 0.3 is 0 Å². The molecule has 0 aliphatic heterocycles. The third kappa shape index (κ3) is 3.75. The highest BCUT2D eigenvalue weighted by molar-refractivity contribution is 7.19. The van der Waals surface area contributed by atoms with Gasteiger partial charge in [0.2, 0.25) is 0 Å². The first kappa shape index (κ1) is 14.4. The molecule has 2 rings (SSSR count). The standard InChI is InChI=1S/C15H21FN2S/c1-2-3-4-5-6-13(18-17)15-10-11-9-12(16)7-8-14(11)19-15/h7-10,13,18H,2-6,17H2,1H3. The van der Waals surface area contributed by atoms with Crippen LogP contribution in [0.3, 0.4) is 0 Å². The minimum atomic E-state index is -0.183. The summed E-state index contributed by atoms with van der Waals surface area (Å²) < 4.78 is 14.3. The van der Waals surface area contributed by atoms with Crippen molar-refractivity contribution in [1.29, 1.82) is 0 Å². The predicted molar refractivity (Wildman–Crippen MR) is 80.6 cm³/mol. The highest BCUT2D eigenvalue weighted by Crippen LogP contribution is 2.32. The lowest BCUT2D eigenvalue weighted by molar-refractivity contribution is 0.488. The molecule has 0 saturated carbocycles. The number of halogens is 1. The molecule has 2 nitrogen and oxygen atoms in total. The van der Waals surface area contributed by atoms with Crippen LogP contribution in [-0.4, -0.2) is 0 Å². The Bertz CT molecular complexity index is 524.